The number of nitriles is 1. The van der Waals surface area contributed by atoms with Crippen molar-refractivity contribution in [3.05, 3.63) is 101 Å². The molecule has 0 aliphatic rings. The summed E-state index contributed by atoms with van der Waals surface area (Å²) in [4.78, 5) is 19.8. The molecule has 7 nitrogen and oxygen atoms in total. The molecule has 0 aromatic carbocycles. The van der Waals surface area contributed by atoms with E-state index in [0.29, 0.717) is 0 Å². The van der Waals surface area contributed by atoms with Crippen molar-refractivity contribution >= 4 is 13.3 Å². The molecule has 0 atom stereocenters. The molecule has 0 amide bonds. The number of hydrogen-bond donors (Lipinski definition) is 0. The normalized spacial score (nSPS) is 9.31. The minimum atomic E-state index is -6.00. The number of halogens is 4. The van der Waals surface area contributed by atoms with Crippen LogP contribution in [0, 0.1) is 39.1 Å². The van der Waals surface area contributed by atoms with Crippen molar-refractivity contribution in [2.45, 2.75) is 27.7 Å². The van der Waals surface area contributed by atoms with Crippen LogP contribution >= 0.6 is 0 Å². The zero-order valence-electron chi connectivity index (χ0n) is 21.4. The summed E-state index contributed by atoms with van der Waals surface area (Å²) < 4.78 is 39.0. The fourth-order valence-corrected chi connectivity index (χ4v) is 2.50. The van der Waals surface area contributed by atoms with Gasteiger partial charge in [0.1, 0.15) is 0 Å². The van der Waals surface area contributed by atoms with Crippen molar-refractivity contribution in [3.8, 4) is 29.0 Å². The number of hydrogen-bond acceptors (Lipinski definition) is 6. The summed E-state index contributed by atoms with van der Waals surface area (Å²) >= 11 is 0. The molecule has 39 heavy (non-hydrogen) atoms. The van der Waals surface area contributed by atoms with Gasteiger partial charge in [0.15, 0.2) is 0 Å². The third kappa shape index (κ3) is 16.3. The number of pyridine rings is 4. The second-order valence-corrected chi connectivity index (χ2v) is 7.69. The quantitative estimate of drug-likeness (QED) is 0.109. The summed E-state index contributed by atoms with van der Waals surface area (Å²) in [5.41, 5.74) is 8.38. The van der Waals surface area contributed by atoms with Crippen LogP contribution in [-0.2, 0) is 17.1 Å². The van der Waals surface area contributed by atoms with Crippen molar-refractivity contribution in [1.82, 2.24) is 19.9 Å². The van der Waals surface area contributed by atoms with Crippen LogP contribution in [0.3, 0.4) is 0 Å². The standard InChI is InChI=1S/2C12H12N2.C2N3.BF4.Cu/c2*1-9-3-5-11(13-7-9)12-6-4-10(2)8-14-12;3-1-5-2-4;2-1(3,4)5;/h2*3-8H,1-2H3;;;/q;;2*-1;+2. The van der Waals surface area contributed by atoms with Gasteiger partial charge in [-0.3, -0.25) is 19.9 Å². The third-order valence-corrected chi connectivity index (χ3v) is 4.27. The smallest absolute Gasteiger partial charge is 0.422 e. The number of aromatic nitrogens is 4. The third-order valence-electron chi connectivity index (χ3n) is 4.27. The molecule has 0 aliphatic carbocycles. The Kier molecular flexibility index (Phi) is 16.1. The Morgan fingerprint density at radius 3 is 0.949 bits per heavy atom. The molecule has 205 valence electrons. The Morgan fingerprint density at radius 2 is 0.846 bits per heavy atom. The van der Waals surface area contributed by atoms with Crippen molar-refractivity contribution in [1.29, 1.82) is 5.26 Å². The fourth-order valence-electron chi connectivity index (χ4n) is 2.50. The topological polar surface area (TPSA) is 110 Å². The average molecular weight is 585 g/mol. The van der Waals surface area contributed by atoms with Crippen LogP contribution in [0.25, 0.3) is 28.2 Å². The van der Waals surface area contributed by atoms with Gasteiger partial charge in [-0.1, -0.05) is 24.3 Å². The van der Waals surface area contributed by atoms with Gasteiger partial charge >= 0.3 is 24.3 Å². The molecule has 0 N–H and O–H groups in total. The number of nitrogens with zero attached hydrogens (tertiary/aromatic N) is 7. The molecule has 0 fully saturated rings. The number of aliphatic imine (C=N–C) groups is 1. The van der Waals surface area contributed by atoms with Crippen molar-refractivity contribution < 1.29 is 34.3 Å². The molecule has 0 bridgehead atoms. The van der Waals surface area contributed by atoms with Gasteiger partial charge in [-0.15, -0.1) is 6.01 Å². The monoisotopic (exact) mass is 584 g/mol. The van der Waals surface area contributed by atoms with Crippen molar-refractivity contribution in [2.75, 3.05) is 0 Å². The molecule has 4 heterocycles. The van der Waals surface area contributed by atoms with Gasteiger partial charge in [-0.25, -0.2) is 0 Å². The minimum absolute atomic E-state index is 0. The van der Waals surface area contributed by atoms with Gasteiger partial charge < -0.3 is 27.7 Å². The molecule has 4 rings (SSSR count). The Balaban J connectivity index is 0.000000545. The van der Waals surface area contributed by atoms with E-state index in [1.165, 1.54) is 34.5 Å². The van der Waals surface area contributed by atoms with Crippen molar-refractivity contribution in [2.24, 2.45) is 4.99 Å². The zero-order valence-corrected chi connectivity index (χ0v) is 22.4. The van der Waals surface area contributed by atoms with Gasteiger partial charge in [-0.2, -0.15) is 5.26 Å². The number of aryl methyl sites for hydroxylation is 4. The summed E-state index contributed by atoms with van der Waals surface area (Å²) in [6, 6.07) is 17.4. The summed E-state index contributed by atoms with van der Waals surface area (Å²) in [5, 5.41) is 14.9. The maximum absolute atomic E-state index is 9.75. The Labute approximate surface area is 235 Å². The van der Waals surface area contributed by atoms with Crippen LogP contribution in [0.4, 0.5) is 17.3 Å². The first-order valence-electron chi connectivity index (χ1n) is 11.0. The first-order chi connectivity index (χ1) is 17.9. The van der Waals surface area contributed by atoms with Gasteiger partial charge in [0.2, 0.25) is 0 Å². The molecule has 0 saturated carbocycles. The Morgan fingerprint density at radius 1 is 0.615 bits per heavy atom. The Bertz CT molecular complexity index is 1160. The maximum atomic E-state index is 9.75. The van der Waals surface area contributed by atoms with Crippen LogP contribution in [-0.4, -0.2) is 33.2 Å². The second-order valence-electron chi connectivity index (χ2n) is 7.69. The molecule has 0 spiro atoms. The van der Waals surface area contributed by atoms with E-state index in [1.54, 1.807) is 0 Å². The summed E-state index contributed by atoms with van der Waals surface area (Å²) in [6.45, 7) is 8.11. The van der Waals surface area contributed by atoms with E-state index >= 15 is 0 Å². The van der Waals surface area contributed by atoms with Crippen molar-refractivity contribution in [3.63, 3.8) is 0 Å². The van der Waals surface area contributed by atoms with E-state index in [4.69, 9.17) is 10.7 Å². The summed E-state index contributed by atoms with van der Waals surface area (Å²) in [5.74, 6) is 0. The molecule has 1 radical (unpaired) electrons. The predicted molar refractivity (Wildman–Crippen MR) is 140 cm³/mol. The average Bonchev–Trinajstić information content (AvgIpc) is 2.87. The SMILES string of the molecule is Cc1ccc(-c2ccc(C)cn2)nc1.Cc1ccc(-c2ccc(C)cn2)nc1.F[B-](F)(F)F.N#CN=C=[N-].[Cu+2]. The van der Waals surface area contributed by atoms with Gasteiger partial charge in [0.05, 0.1) is 29.0 Å². The molecule has 0 aliphatic heterocycles. The first kappa shape index (κ1) is 34.8. The van der Waals surface area contributed by atoms with Crippen LogP contribution in [0.2, 0.25) is 0 Å². The van der Waals surface area contributed by atoms with Crippen LogP contribution in [0.15, 0.2) is 78.3 Å². The molecule has 4 aromatic rings. The zero-order chi connectivity index (χ0) is 28.6. The molecular weight excluding hydrogens is 561 g/mol. The van der Waals surface area contributed by atoms with Gasteiger partial charge in [0.25, 0.3) is 0 Å². The van der Waals surface area contributed by atoms with E-state index in [0.717, 1.165) is 22.8 Å². The molecule has 4 aromatic heterocycles. The first-order valence-corrected chi connectivity index (χ1v) is 11.0. The van der Waals surface area contributed by atoms with E-state index in [9.17, 15) is 17.3 Å². The second kappa shape index (κ2) is 18.1. The van der Waals surface area contributed by atoms with E-state index in [2.05, 4.69) is 24.9 Å². The molecule has 13 heteroatoms. The molecule has 0 saturated heterocycles. The molecular formula is C26H24BCuF4N7. The fraction of sp³-hybridized carbons (Fsp3) is 0.154. The summed E-state index contributed by atoms with van der Waals surface area (Å²) in [6.07, 6.45) is 8.71. The Hall–Kier alpha value is -4.23. The largest absolute Gasteiger partial charge is 2.00 e. The van der Waals surface area contributed by atoms with Crippen LogP contribution < -0.4 is 0 Å². The van der Waals surface area contributed by atoms with Gasteiger partial charge in [-0.05, 0) is 74.2 Å². The minimum Gasteiger partial charge on any atom is -0.422 e. The molecule has 0 unspecified atom stereocenters. The van der Waals surface area contributed by atoms with E-state index in [-0.39, 0.29) is 17.1 Å². The summed E-state index contributed by atoms with van der Waals surface area (Å²) in [7, 11) is -6.00. The van der Waals surface area contributed by atoms with E-state index < -0.39 is 7.25 Å². The van der Waals surface area contributed by atoms with E-state index in [1.807, 2.05) is 101 Å². The van der Waals surface area contributed by atoms with Crippen LogP contribution in [0.1, 0.15) is 22.3 Å². The maximum Gasteiger partial charge on any atom is 2.00 e. The predicted octanol–water partition coefficient (Wildman–Crippen LogP) is 7.03. The van der Waals surface area contributed by atoms with Crippen LogP contribution in [0.5, 0.6) is 0 Å². The number of rotatable bonds is 2. The van der Waals surface area contributed by atoms with Gasteiger partial charge in [0, 0.05) is 24.8 Å².